The Morgan fingerprint density at radius 2 is 0.667 bits per heavy atom. The van der Waals surface area contributed by atoms with E-state index >= 15 is 0 Å². The second kappa shape index (κ2) is 55.7. The van der Waals surface area contributed by atoms with Crippen molar-refractivity contribution in [3.8, 4) is 0 Å². The summed E-state index contributed by atoms with van der Waals surface area (Å²) < 4.78 is 387. The van der Waals surface area contributed by atoms with Crippen molar-refractivity contribution >= 4 is 101 Å². The number of carbonyl (C=O) groups excluding carboxylic acids is 3. The summed E-state index contributed by atoms with van der Waals surface area (Å²) in [7, 11) is -49.2. The summed E-state index contributed by atoms with van der Waals surface area (Å²) in [6, 6.07) is -8.68. The fourth-order valence-electron chi connectivity index (χ4n) is 10.1. The van der Waals surface area contributed by atoms with Crippen LogP contribution in [0.15, 0.2) is 48.3 Å². The van der Waals surface area contributed by atoms with Crippen molar-refractivity contribution in [1.82, 2.24) is 14.2 Å². The van der Waals surface area contributed by atoms with Gasteiger partial charge in [0, 0.05) is 0 Å². The monoisotopic (exact) mass is 1930 g/mol. The van der Waals surface area contributed by atoms with E-state index in [0.717, 1.165) is 21.6 Å². The van der Waals surface area contributed by atoms with Crippen LogP contribution in [-0.2, 0) is 180 Å². The first kappa shape index (κ1) is 127. The molecule has 5 rings (SSSR count). The molecule has 0 aromatic heterocycles. The average molecular weight is 1930 g/mol. The Kier molecular flexibility index (Phi) is 60.4. The van der Waals surface area contributed by atoms with Gasteiger partial charge in [0.15, 0.2) is 80.5 Å². The van der Waals surface area contributed by atoms with E-state index < -0.39 is 306 Å². The molecule has 0 aromatic rings. The van der Waals surface area contributed by atoms with Gasteiger partial charge in [-0.2, -0.15) is 0 Å². The Labute approximate surface area is 844 Å². The second-order valence-corrected chi connectivity index (χ2v) is 30.7. The fourth-order valence-corrected chi connectivity index (χ4v) is 13.7. The van der Waals surface area contributed by atoms with Gasteiger partial charge in [-0.25, -0.2) is 95.9 Å². The number of allylic oxidation sites excluding steroid dienone is 3. The number of aliphatic hydroxyl groups is 7. The molecule has 0 saturated carbocycles. The maximum absolute atomic E-state index is 14.2. The van der Waals surface area contributed by atoms with E-state index in [2.05, 4.69) is 20.9 Å². The number of hydrogen-bond donors (Lipinski definition) is 10. The molecule has 117 heavy (non-hydrogen) atoms. The zero-order chi connectivity index (χ0) is 82.5. The number of nitrogens with one attached hydrogen (secondary N) is 3. The molecule has 0 aromatic carbocycles. The van der Waals surface area contributed by atoms with Gasteiger partial charge < -0.3 is 134 Å². The summed E-state index contributed by atoms with van der Waals surface area (Å²) in [5, 5.41) is 79.9. The van der Waals surface area contributed by atoms with E-state index in [-0.39, 0.29) is 236 Å². The van der Waals surface area contributed by atoms with E-state index in [0.29, 0.717) is 6.08 Å². The van der Waals surface area contributed by atoms with Crippen molar-refractivity contribution in [3.63, 3.8) is 0 Å². The quantitative estimate of drug-likeness (QED) is 0.00399. The van der Waals surface area contributed by atoms with Crippen LogP contribution in [0.25, 0.3) is 0 Å². The third-order valence-electron chi connectivity index (χ3n) is 14.5. The van der Waals surface area contributed by atoms with Crippen LogP contribution in [0.3, 0.4) is 0 Å². The summed E-state index contributed by atoms with van der Waals surface area (Å²) >= 11 is 0. The van der Waals surface area contributed by atoms with Gasteiger partial charge in [-0.05, 0) is 20.8 Å². The van der Waals surface area contributed by atoms with E-state index in [9.17, 15) is 154 Å². The number of hydrogen-bond acceptors (Lipinski definition) is 52. The maximum atomic E-state index is 14.2. The van der Waals surface area contributed by atoms with Gasteiger partial charge in [0.1, 0.15) is 130 Å². The zero-order valence-corrected chi connectivity index (χ0v) is 85.2. The molecule has 55 nitrogen and oxygen atoms in total. The summed E-state index contributed by atoms with van der Waals surface area (Å²) in [6.07, 6.45) is -58.9. The molecule has 5 saturated heterocycles. The molecule has 5 aliphatic rings. The Morgan fingerprint density at radius 3 is 0.983 bits per heavy atom. The third-order valence-corrected chi connectivity index (χ3v) is 18.4. The van der Waals surface area contributed by atoms with Crippen LogP contribution in [0.4, 0.5) is 0 Å². The molecule has 0 aliphatic carbocycles. The number of aliphatic hydroxyl groups excluding tert-OH is 7. The fraction of sp³-hybridized carbons (Fsp3) is 0.761. The predicted molar refractivity (Wildman–Crippen MR) is 318 cm³/mol. The molecular weight excluding hydrogens is 1870 g/mol. The molecule has 5 fully saturated rings. The van der Waals surface area contributed by atoms with Crippen molar-refractivity contribution in [2.75, 3.05) is 46.2 Å². The van der Waals surface area contributed by atoms with Crippen molar-refractivity contribution in [2.24, 2.45) is 0 Å². The topological polar surface area (TPSA) is 853 Å². The first-order valence-electron chi connectivity index (χ1n) is 29.6. The van der Waals surface area contributed by atoms with Gasteiger partial charge in [-0.1, -0.05) is 36.5 Å². The Hall–Kier alpha value is 3.49. The molecule has 71 heteroatoms. The van der Waals surface area contributed by atoms with Gasteiger partial charge in [0.05, 0.1) is 25.9 Å². The Bertz CT molecular complexity index is 4200. The minimum atomic E-state index is -6.51. The number of carbonyl (C=O) groups is 3. The van der Waals surface area contributed by atoms with Crippen LogP contribution >= 0.6 is 0 Å². The Balaban J connectivity index is -0.00000798. The van der Waals surface area contributed by atoms with Crippen molar-refractivity contribution in [2.45, 2.75) is 174 Å². The number of rotatable bonds is 39. The van der Waals surface area contributed by atoms with Gasteiger partial charge in [0.2, 0.25) is 58.3 Å². The summed E-state index contributed by atoms with van der Waals surface area (Å²) in [5.41, 5.74) is 0. The standard InChI is InChI=1S/C46H73N3O52S8.8Na/c1-4-7-10-84-22(51)13-18(14-50)90-42-24(48-103(63,64)65)28(54)32(20(92-42)16-88-106(72,73)74)94-45-37(101-109(81,82)83)31(57)35(39(99-45)41(59)86-12-9-6-3)97-44-25(49-104(66,67)68)29(55)33(21(93-44)17-89-107(75,76)77)95-46-36(100-108(78,79)80)30(56)34(38(98-46)40(58)85-11-8-5-2)96-43-23(47-102(60,61)62)27(53)26(52)19(91-43)15-87-105(69,70)71;;;;;;;;/h4-9,13,19-21,23-39,42-50,52-57H,10-12,14-17H2,1-3H3,(H,60,61,62)(H,63,64,65)(H,66,67,68)(H,69,70,71)(H,72,73,74)(H,75,76,77)(H,78,79,80)(H,81,82,83);;;;;;;;/q;8*+1/p-8/b7-4-,8-5+,9-6+,18-13+;;;;;;;;. The molecule has 5 heterocycles. The minimum Gasteiger partial charge on any atom is -0.735 e. The normalized spacial score (nSPS) is 32.1. The van der Waals surface area contributed by atoms with Gasteiger partial charge in [-0.3, -0.25) is 20.9 Å². The third kappa shape index (κ3) is 43.2. The molecule has 5 aliphatic heterocycles. The van der Waals surface area contributed by atoms with Gasteiger partial charge in [-0.15, -0.1) is 0 Å². The van der Waals surface area contributed by atoms with Crippen LogP contribution in [0.5, 0.6) is 0 Å². The van der Waals surface area contributed by atoms with Crippen LogP contribution in [0.1, 0.15) is 20.8 Å². The molecule has 0 amide bonds. The van der Waals surface area contributed by atoms with E-state index in [1.807, 2.05) is 0 Å². The van der Waals surface area contributed by atoms with E-state index in [1.54, 1.807) is 0 Å². The zero-order valence-electron chi connectivity index (χ0n) is 62.7. The maximum Gasteiger partial charge on any atom is 1.00 e. The number of ether oxygens (including phenoxy) is 13. The Morgan fingerprint density at radius 1 is 0.368 bits per heavy atom. The largest absolute Gasteiger partial charge is 1.00 e. The van der Waals surface area contributed by atoms with Crippen LogP contribution in [0.2, 0.25) is 0 Å². The number of esters is 3. The summed E-state index contributed by atoms with van der Waals surface area (Å²) in [4.78, 5) is 40.7. The smallest absolute Gasteiger partial charge is 0.735 e. The summed E-state index contributed by atoms with van der Waals surface area (Å²) in [5.74, 6) is -6.23. The van der Waals surface area contributed by atoms with Crippen LogP contribution < -0.4 is 251 Å². The second-order valence-electron chi connectivity index (χ2n) is 22.1. The molecule has 10 N–H and O–H groups in total. The molecule has 25 atom stereocenters. The van der Waals surface area contributed by atoms with Crippen molar-refractivity contribution in [1.29, 1.82) is 0 Å². The first-order chi connectivity index (χ1) is 50.1. The molecule has 0 bridgehead atoms. The first-order valence-corrected chi connectivity index (χ1v) is 40.5. The molecule has 632 valence electrons. The van der Waals surface area contributed by atoms with Crippen LogP contribution in [0, 0.1) is 0 Å². The average Bonchev–Trinajstić information content (AvgIpc) is 0.744. The SMILES string of the molecule is C/C=C\COC(=O)/C=C(\CO)OC1OC(COS(=O)(=O)[O-])C(OC2OC(C(=O)OC/C=C/C)C(OC3OC(COS(=O)(=O)[O-])C(OC4OC(C(=O)OC/C=C/C)C(OC5OC(COS(=O)(=O)[O-])C(O)C(O)C5NS(=O)(=O)[O-])C(O)C4OS(=O)(=O)[O-])C(O)C3NS(=O)(=O)[O-])C(O)C2OS(=O)(=O)[O-])C(O)C1NS(=O)(=O)[O-].[Na+].[Na+].[Na+].[Na+].[Na+].[Na+].[Na+].[Na+]. The van der Waals surface area contributed by atoms with Gasteiger partial charge in [0.25, 0.3) is 0 Å². The predicted octanol–water partition coefficient (Wildman–Crippen LogP) is -38.0. The van der Waals surface area contributed by atoms with E-state index in [4.69, 9.17) is 61.6 Å². The minimum absolute atomic E-state index is 0. The van der Waals surface area contributed by atoms with Crippen LogP contribution in [-0.4, -0.2) is 357 Å². The molecule has 25 unspecified atom stereocenters. The van der Waals surface area contributed by atoms with Crippen molar-refractivity contribution in [3.05, 3.63) is 48.3 Å². The molecule has 0 radical (unpaired) electrons. The van der Waals surface area contributed by atoms with Crippen molar-refractivity contribution < 1.29 is 473 Å². The summed E-state index contributed by atoms with van der Waals surface area (Å²) in [6.45, 7) is -4.94. The molecule has 0 spiro atoms. The van der Waals surface area contributed by atoms with E-state index in [1.165, 1.54) is 49.8 Å². The van der Waals surface area contributed by atoms with Gasteiger partial charge >= 0.3 is 254 Å². The molecular formula is C46H65N3Na8O52S8.